The summed E-state index contributed by atoms with van der Waals surface area (Å²) in [6.45, 7) is 4.65. The highest BCUT2D eigenvalue weighted by atomic mass is 16.5. The number of hydrogen-bond acceptors (Lipinski definition) is 4. The molecule has 6 heteroatoms. The van der Waals surface area contributed by atoms with Crippen LogP contribution in [-0.2, 0) is 15.9 Å². The summed E-state index contributed by atoms with van der Waals surface area (Å²) in [6, 6.07) is 4.05. The van der Waals surface area contributed by atoms with Crippen LogP contribution in [0, 0.1) is 0 Å². The molecule has 0 bridgehead atoms. The van der Waals surface area contributed by atoms with Crippen LogP contribution in [0.1, 0.15) is 12.7 Å². The third-order valence-electron chi connectivity index (χ3n) is 2.61. The van der Waals surface area contributed by atoms with Gasteiger partial charge in [-0.1, -0.05) is 0 Å². The van der Waals surface area contributed by atoms with E-state index < -0.39 is 0 Å². The molecule has 114 valence electrons. The molecule has 0 aliphatic carbocycles. The number of furan rings is 1. The average molecular weight is 283 g/mol. The summed E-state index contributed by atoms with van der Waals surface area (Å²) in [6.07, 6.45) is 2.50. The van der Waals surface area contributed by atoms with E-state index in [1.807, 2.05) is 19.1 Å². The second-order valence-electron chi connectivity index (χ2n) is 4.48. The van der Waals surface area contributed by atoms with E-state index in [0.717, 1.165) is 24.7 Å². The van der Waals surface area contributed by atoms with Crippen LogP contribution in [0.2, 0.25) is 0 Å². The quantitative estimate of drug-likeness (QED) is 0.403. The minimum Gasteiger partial charge on any atom is -0.469 e. The Morgan fingerprint density at radius 3 is 2.90 bits per heavy atom. The minimum absolute atomic E-state index is 0.192. The van der Waals surface area contributed by atoms with Crippen LogP contribution in [0.4, 0.5) is 0 Å². The molecule has 1 rings (SSSR count). The van der Waals surface area contributed by atoms with Crippen LogP contribution < -0.4 is 10.6 Å². The maximum Gasteiger partial charge on any atom is 0.191 e. The fraction of sp³-hybridized carbons (Fsp3) is 0.643. The van der Waals surface area contributed by atoms with Crippen molar-refractivity contribution in [2.75, 3.05) is 40.5 Å². The lowest BCUT2D eigenvalue weighted by atomic mass is 10.3. The summed E-state index contributed by atoms with van der Waals surface area (Å²) >= 11 is 0. The maximum atomic E-state index is 5.29. The van der Waals surface area contributed by atoms with Crippen molar-refractivity contribution in [1.29, 1.82) is 0 Å². The zero-order valence-electron chi connectivity index (χ0n) is 12.5. The second-order valence-corrected chi connectivity index (χ2v) is 4.48. The molecule has 6 nitrogen and oxygen atoms in total. The minimum atomic E-state index is 0.192. The number of methoxy groups -OCH3 is 2. The van der Waals surface area contributed by atoms with Crippen LogP contribution in [0.5, 0.6) is 0 Å². The molecule has 0 aliphatic rings. The van der Waals surface area contributed by atoms with Crippen molar-refractivity contribution in [3.05, 3.63) is 24.2 Å². The first kappa shape index (κ1) is 16.5. The molecule has 1 aromatic heterocycles. The zero-order chi connectivity index (χ0) is 14.6. The summed E-state index contributed by atoms with van der Waals surface area (Å²) in [5.74, 6) is 1.72. The molecule has 1 unspecified atom stereocenters. The monoisotopic (exact) mass is 283 g/mol. The maximum absolute atomic E-state index is 5.29. The fourth-order valence-electron chi connectivity index (χ4n) is 1.69. The first-order chi connectivity index (χ1) is 9.76. The highest BCUT2D eigenvalue weighted by Crippen LogP contribution is 1.99. The number of aliphatic imine (C=N–C) groups is 1. The lowest BCUT2D eigenvalue weighted by Gasteiger charge is -2.17. The normalized spacial score (nSPS) is 13.2. The summed E-state index contributed by atoms with van der Waals surface area (Å²) < 4.78 is 15.4. The van der Waals surface area contributed by atoms with Gasteiger partial charge in [0.25, 0.3) is 0 Å². The van der Waals surface area contributed by atoms with Crippen molar-refractivity contribution < 1.29 is 13.9 Å². The van der Waals surface area contributed by atoms with E-state index in [0.29, 0.717) is 19.8 Å². The molecule has 1 heterocycles. The molecular weight excluding hydrogens is 258 g/mol. The smallest absolute Gasteiger partial charge is 0.191 e. The van der Waals surface area contributed by atoms with E-state index in [2.05, 4.69) is 15.6 Å². The van der Waals surface area contributed by atoms with Gasteiger partial charge in [0.2, 0.25) is 0 Å². The third-order valence-corrected chi connectivity index (χ3v) is 2.61. The number of hydrogen-bond donors (Lipinski definition) is 2. The number of rotatable bonds is 9. The molecule has 0 aliphatic heterocycles. The standard InChI is InChI=1S/C14H25N3O3/c1-12(11-19-3)17-14(16-8-10-18-2)15-7-6-13-5-4-9-20-13/h4-5,9,12H,6-8,10-11H2,1-3H3,(H2,15,16,17). The van der Waals surface area contributed by atoms with Crippen LogP contribution in [0.25, 0.3) is 0 Å². The highest BCUT2D eigenvalue weighted by Gasteiger charge is 2.05. The predicted octanol–water partition coefficient (Wildman–Crippen LogP) is 1.04. The molecule has 0 radical (unpaired) electrons. The molecule has 0 saturated heterocycles. The van der Waals surface area contributed by atoms with Crippen LogP contribution >= 0.6 is 0 Å². The first-order valence-corrected chi connectivity index (χ1v) is 6.81. The Kier molecular flexibility index (Phi) is 8.49. The van der Waals surface area contributed by atoms with Gasteiger partial charge in [-0.25, -0.2) is 0 Å². The van der Waals surface area contributed by atoms with Gasteiger partial charge in [0, 0.05) is 33.2 Å². The Balaban J connectivity index is 2.38. The van der Waals surface area contributed by atoms with Crippen LogP contribution in [0.15, 0.2) is 27.8 Å². The Labute approximate surface area is 120 Å². The van der Waals surface area contributed by atoms with E-state index in [-0.39, 0.29) is 6.04 Å². The van der Waals surface area contributed by atoms with Crippen molar-refractivity contribution in [2.45, 2.75) is 19.4 Å². The van der Waals surface area contributed by atoms with Crippen molar-refractivity contribution in [3.63, 3.8) is 0 Å². The van der Waals surface area contributed by atoms with Gasteiger partial charge < -0.3 is 24.5 Å². The van der Waals surface area contributed by atoms with Crippen molar-refractivity contribution in [3.8, 4) is 0 Å². The number of ether oxygens (including phenoxy) is 2. The number of nitrogens with zero attached hydrogens (tertiary/aromatic N) is 1. The largest absolute Gasteiger partial charge is 0.469 e. The first-order valence-electron chi connectivity index (χ1n) is 6.81. The fourth-order valence-corrected chi connectivity index (χ4v) is 1.69. The summed E-state index contributed by atoms with van der Waals surface area (Å²) in [5, 5.41) is 6.56. The summed E-state index contributed by atoms with van der Waals surface area (Å²) in [4.78, 5) is 4.44. The zero-order valence-corrected chi connectivity index (χ0v) is 12.5. The van der Waals surface area contributed by atoms with E-state index in [1.165, 1.54) is 0 Å². The molecule has 0 amide bonds. The summed E-state index contributed by atoms with van der Waals surface area (Å²) in [5.41, 5.74) is 0. The van der Waals surface area contributed by atoms with Gasteiger partial charge >= 0.3 is 0 Å². The van der Waals surface area contributed by atoms with E-state index in [9.17, 15) is 0 Å². The predicted molar refractivity (Wildman–Crippen MR) is 79.1 cm³/mol. The highest BCUT2D eigenvalue weighted by molar-refractivity contribution is 5.80. The van der Waals surface area contributed by atoms with E-state index >= 15 is 0 Å². The molecule has 20 heavy (non-hydrogen) atoms. The molecular formula is C14H25N3O3. The Morgan fingerprint density at radius 1 is 1.40 bits per heavy atom. The SMILES string of the molecule is COCCN=C(NCCc1ccco1)NC(C)COC. The Bertz CT molecular complexity index is 366. The number of guanidine groups is 1. The Morgan fingerprint density at radius 2 is 2.25 bits per heavy atom. The second kappa shape index (κ2) is 10.3. The van der Waals surface area contributed by atoms with Gasteiger partial charge in [-0.3, -0.25) is 4.99 Å². The Hall–Kier alpha value is -1.53. The van der Waals surface area contributed by atoms with Crippen LogP contribution in [-0.4, -0.2) is 52.5 Å². The molecule has 1 atom stereocenters. The van der Waals surface area contributed by atoms with E-state index in [1.54, 1.807) is 20.5 Å². The van der Waals surface area contributed by atoms with Crippen molar-refractivity contribution in [1.82, 2.24) is 10.6 Å². The third kappa shape index (κ3) is 7.16. The van der Waals surface area contributed by atoms with Crippen molar-refractivity contribution >= 4 is 5.96 Å². The molecule has 0 saturated carbocycles. The number of nitrogens with one attached hydrogen (secondary N) is 2. The molecule has 0 aromatic carbocycles. The van der Waals surface area contributed by atoms with Gasteiger partial charge in [0.1, 0.15) is 5.76 Å². The van der Waals surface area contributed by atoms with Gasteiger partial charge in [-0.15, -0.1) is 0 Å². The van der Waals surface area contributed by atoms with Gasteiger partial charge in [0.05, 0.1) is 26.0 Å². The van der Waals surface area contributed by atoms with Gasteiger partial charge in [0.15, 0.2) is 5.96 Å². The van der Waals surface area contributed by atoms with Crippen LogP contribution in [0.3, 0.4) is 0 Å². The lowest BCUT2D eigenvalue weighted by Crippen LogP contribution is -2.44. The average Bonchev–Trinajstić information content (AvgIpc) is 2.92. The van der Waals surface area contributed by atoms with Gasteiger partial charge in [-0.05, 0) is 19.1 Å². The molecule has 2 N–H and O–H groups in total. The van der Waals surface area contributed by atoms with Gasteiger partial charge in [-0.2, -0.15) is 0 Å². The van der Waals surface area contributed by atoms with E-state index in [4.69, 9.17) is 13.9 Å². The molecule has 1 aromatic rings. The summed E-state index contributed by atoms with van der Waals surface area (Å²) in [7, 11) is 3.35. The molecule has 0 fully saturated rings. The lowest BCUT2D eigenvalue weighted by molar-refractivity contribution is 0.178. The topological polar surface area (TPSA) is 68.0 Å². The molecule has 0 spiro atoms. The van der Waals surface area contributed by atoms with Crippen molar-refractivity contribution in [2.24, 2.45) is 4.99 Å².